The third-order valence-electron chi connectivity index (χ3n) is 1.50. The quantitative estimate of drug-likeness (QED) is 0.600. The van der Waals surface area contributed by atoms with Crippen LogP contribution in [0, 0.1) is 0 Å². The molecule has 0 fully saturated rings. The Labute approximate surface area is 86.0 Å². The molecule has 84 valence electrons. The molecule has 0 heterocycles. The van der Waals surface area contributed by atoms with Crippen LogP contribution in [0.2, 0.25) is 0 Å². The predicted octanol–water partition coefficient (Wildman–Crippen LogP) is -1.42. The van der Waals surface area contributed by atoms with Gasteiger partial charge in [-0.3, -0.25) is 24.1 Å². The summed E-state index contributed by atoms with van der Waals surface area (Å²) in [4.78, 5) is 43.6. The smallest absolute Gasteiger partial charge is 0.322 e. The number of carboxylic acid groups (broad SMARTS) is 1. The molecule has 0 saturated carbocycles. The van der Waals surface area contributed by atoms with Gasteiger partial charge in [0.15, 0.2) is 0 Å². The Hall–Kier alpha value is -1.92. The largest absolute Gasteiger partial charge is 0.480 e. The highest BCUT2D eigenvalue weighted by molar-refractivity contribution is 5.97. The summed E-state index contributed by atoms with van der Waals surface area (Å²) in [5, 5.41) is 10.3. The minimum atomic E-state index is -1.19. The normalized spacial score (nSPS) is 9.20. The van der Waals surface area contributed by atoms with E-state index in [1.165, 1.54) is 0 Å². The van der Waals surface area contributed by atoms with E-state index < -0.39 is 36.8 Å². The van der Waals surface area contributed by atoms with Crippen LogP contribution in [0.4, 0.5) is 0 Å². The summed E-state index contributed by atoms with van der Waals surface area (Å²) in [6.45, 7) is 1.29. The standard InChI is InChI=1S/C8H12N2O5/c1-5(11)10(6(2)12)4-7(13)9-3-8(14)15/h3-4H2,1-2H3,(H,9,13)(H,14,15). The fourth-order valence-corrected chi connectivity index (χ4v) is 0.818. The molecule has 7 heteroatoms. The third-order valence-corrected chi connectivity index (χ3v) is 1.50. The summed E-state index contributed by atoms with van der Waals surface area (Å²) < 4.78 is 0. The number of rotatable bonds is 4. The van der Waals surface area contributed by atoms with Gasteiger partial charge in [0.2, 0.25) is 17.7 Å². The molecule has 0 atom stereocenters. The fourth-order valence-electron chi connectivity index (χ4n) is 0.818. The van der Waals surface area contributed by atoms with E-state index in [4.69, 9.17) is 5.11 Å². The summed E-state index contributed by atoms with van der Waals surface area (Å²) in [7, 11) is 0. The predicted molar refractivity (Wildman–Crippen MR) is 48.7 cm³/mol. The van der Waals surface area contributed by atoms with E-state index in [0.29, 0.717) is 0 Å². The van der Waals surface area contributed by atoms with Gasteiger partial charge in [0, 0.05) is 13.8 Å². The lowest BCUT2D eigenvalue weighted by Gasteiger charge is -2.15. The molecular formula is C8H12N2O5. The van der Waals surface area contributed by atoms with E-state index in [2.05, 4.69) is 0 Å². The molecule has 0 saturated heterocycles. The first-order chi connectivity index (χ1) is 6.84. The Balaban J connectivity index is 4.18. The van der Waals surface area contributed by atoms with Crippen LogP contribution in [-0.2, 0) is 19.2 Å². The number of nitrogens with zero attached hydrogens (tertiary/aromatic N) is 1. The molecule has 7 nitrogen and oxygen atoms in total. The molecule has 0 aliphatic rings. The average molecular weight is 216 g/mol. The van der Waals surface area contributed by atoms with Crippen molar-refractivity contribution in [1.82, 2.24) is 10.2 Å². The van der Waals surface area contributed by atoms with Gasteiger partial charge in [0.05, 0.1) is 0 Å². The Morgan fingerprint density at radius 2 is 1.60 bits per heavy atom. The topological polar surface area (TPSA) is 104 Å². The lowest BCUT2D eigenvalue weighted by Crippen LogP contribution is -2.43. The molecule has 0 aromatic carbocycles. The zero-order valence-corrected chi connectivity index (χ0v) is 8.44. The fraction of sp³-hybridized carbons (Fsp3) is 0.500. The van der Waals surface area contributed by atoms with Gasteiger partial charge in [-0.05, 0) is 0 Å². The molecule has 0 aliphatic heterocycles. The average Bonchev–Trinajstić information content (AvgIpc) is 2.09. The molecule has 3 amide bonds. The van der Waals surface area contributed by atoms with Gasteiger partial charge in [-0.1, -0.05) is 0 Å². The van der Waals surface area contributed by atoms with Crippen molar-refractivity contribution in [1.29, 1.82) is 0 Å². The van der Waals surface area contributed by atoms with Crippen LogP contribution in [0.3, 0.4) is 0 Å². The van der Waals surface area contributed by atoms with E-state index >= 15 is 0 Å². The lowest BCUT2D eigenvalue weighted by molar-refractivity contribution is -0.145. The molecule has 0 radical (unpaired) electrons. The maximum absolute atomic E-state index is 11.0. The number of carbonyl (C=O) groups is 4. The first-order valence-electron chi connectivity index (χ1n) is 4.11. The molecule has 0 bridgehead atoms. The van der Waals surface area contributed by atoms with Gasteiger partial charge in [-0.25, -0.2) is 0 Å². The van der Waals surface area contributed by atoms with E-state index in [9.17, 15) is 19.2 Å². The number of nitrogens with one attached hydrogen (secondary N) is 1. The van der Waals surface area contributed by atoms with Crippen molar-refractivity contribution in [2.24, 2.45) is 0 Å². The molecule has 2 N–H and O–H groups in total. The van der Waals surface area contributed by atoms with Gasteiger partial charge in [0.1, 0.15) is 13.1 Å². The van der Waals surface area contributed by atoms with Crippen molar-refractivity contribution in [3.05, 3.63) is 0 Å². The van der Waals surface area contributed by atoms with E-state index in [-0.39, 0.29) is 0 Å². The summed E-state index contributed by atoms with van der Waals surface area (Å²) in [5.41, 5.74) is 0. The number of hydrogen-bond acceptors (Lipinski definition) is 4. The molecular weight excluding hydrogens is 204 g/mol. The second-order valence-corrected chi connectivity index (χ2v) is 2.79. The van der Waals surface area contributed by atoms with Gasteiger partial charge in [-0.15, -0.1) is 0 Å². The Kier molecular flexibility index (Phi) is 5.00. The summed E-state index contributed by atoms with van der Waals surface area (Å²) in [6, 6.07) is 0. The number of carbonyl (C=O) groups excluding carboxylic acids is 3. The maximum atomic E-state index is 11.0. The highest BCUT2D eigenvalue weighted by Gasteiger charge is 2.17. The van der Waals surface area contributed by atoms with Crippen LogP contribution < -0.4 is 5.32 Å². The first-order valence-corrected chi connectivity index (χ1v) is 4.11. The molecule has 15 heavy (non-hydrogen) atoms. The molecule has 0 aromatic heterocycles. The lowest BCUT2D eigenvalue weighted by atomic mass is 10.4. The highest BCUT2D eigenvalue weighted by atomic mass is 16.4. The van der Waals surface area contributed by atoms with Crippen molar-refractivity contribution in [3.63, 3.8) is 0 Å². The Bertz CT molecular complexity index is 285. The Morgan fingerprint density at radius 1 is 1.13 bits per heavy atom. The van der Waals surface area contributed by atoms with Crippen LogP contribution >= 0.6 is 0 Å². The second kappa shape index (κ2) is 5.74. The minimum absolute atomic E-state index is 0.460. The molecule has 0 aliphatic carbocycles. The SMILES string of the molecule is CC(=O)N(CC(=O)NCC(=O)O)C(C)=O. The first kappa shape index (κ1) is 13.1. The van der Waals surface area contributed by atoms with Crippen LogP contribution in [0.1, 0.15) is 13.8 Å². The number of aliphatic carboxylic acids is 1. The number of hydrogen-bond donors (Lipinski definition) is 2. The monoisotopic (exact) mass is 216 g/mol. The van der Waals surface area contributed by atoms with Crippen LogP contribution in [0.25, 0.3) is 0 Å². The zero-order valence-electron chi connectivity index (χ0n) is 8.44. The summed E-state index contributed by atoms with van der Waals surface area (Å²) >= 11 is 0. The molecule has 0 spiro atoms. The van der Waals surface area contributed by atoms with Crippen molar-refractivity contribution in [3.8, 4) is 0 Å². The summed E-state index contributed by atoms with van der Waals surface area (Å²) in [5.74, 6) is -3.01. The van der Waals surface area contributed by atoms with Gasteiger partial charge < -0.3 is 10.4 Å². The third kappa shape index (κ3) is 5.40. The van der Waals surface area contributed by atoms with Gasteiger partial charge >= 0.3 is 5.97 Å². The number of carboxylic acids is 1. The summed E-state index contributed by atoms with van der Waals surface area (Å²) in [6.07, 6.45) is 0. The van der Waals surface area contributed by atoms with Crippen LogP contribution in [0.5, 0.6) is 0 Å². The maximum Gasteiger partial charge on any atom is 0.322 e. The van der Waals surface area contributed by atoms with Crippen molar-refractivity contribution < 1.29 is 24.3 Å². The molecule has 0 rings (SSSR count). The van der Waals surface area contributed by atoms with Gasteiger partial charge in [0.25, 0.3) is 0 Å². The van der Waals surface area contributed by atoms with E-state index in [0.717, 1.165) is 18.7 Å². The van der Waals surface area contributed by atoms with Crippen LogP contribution in [-0.4, -0.2) is 46.8 Å². The molecule has 0 aromatic rings. The van der Waals surface area contributed by atoms with E-state index in [1.807, 2.05) is 5.32 Å². The minimum Gasteiger partial charge on any atom is -0.480 e. The van der Waals surface area contributed by atoms with Crippen LogP contribution in [0.15, 0.2) is 0 Å². The van der Waals surface area contributed by atoms with Gasteiger partial charge in [-0.2, -0.15) is 0 Å². The number of imide groups is 1. The molecule has 0 unspecified atom stereocenters. The van der Waals surface area contributed by atoms with Crippen molar-refractivity contribution in [2.45, 2.75) is 13.8 Å². The number of amides is 3. The van der Waals surface area contributed by atoms with Crippen molar-refractivity contribution in [2.75, 3.05) is 13.1 Å². The van der Waals surface area contributed by atoms with E-state index in [1.54, 1.807) is 0 Å². The Morgan fingerprint density at radius 3 is 1.93 bits per heavy atom. The zero-order chi connectivity index (χ0) is 12.0. The highest BCUT2D eigenvalue weighted by Crippen LogP contribution is 1.90. The second-order valence-electron chi connectivity index (χ2n) is 2.79. The van der Waals surface area contributed by atoms with Crippen molar-refractivity contribution >= 4 is 23.7 Å².